The molecule has 2 heterocycles. The van der Waals surface area contributed by atoms with Gasteiger partial charge in [-0.2, -0.15) is 0 Å². The highest BCUT2D eigenvalue weighted by atomic mass is 79.9. The number of hydrogen-bond donors (Lipinski definition) is 0. The summed E-state index contributed by atoms with van der Waals surface area (Å²) in [7, 11) is -1.94. The monoisotopic (exact) mass is 538 g/mol. The molecule has 0 amide bonds. The molecule has 0 N–H and O–H groups in total. The number of hydrogen-bond acceptors (Lipinski definition) is 4. The fourth-order valence-corrected chi connectivity index (χ4v) is 10.3. The Morgan fingerprint density at radius 3 is 1.45 bits per heavy atom. The Kier molecular flexibility index (Phi) is 6.71. The van der Waals surface area contributed by atoms with Crippen LogP contribution in [0.5, 0.6) is 0 Å². The van der Waals surface area contributed by atoms with E-state index in [0.717, 1.165) is 52.6 Å². The third-order valence-corrected chi connectivity index (χ3v) is 11.6. The van der Waals surface area contributed by atoms with Crippen LogP contribution in [0, 0.1) is 0 Å². The number of nitrogens with zero attached hydrogens (tertiary/aromatic N) is 2. The van der Waals surface area contributed by atoms with E-state index in [9.17, 15) is 0 Å². The highest BCUT2D eigenvalue weighted by Crippen LogP contribution is 2.25. The molecule has 2 aromatic carbocycles. The standard InChI is InChI=1S/C22H28Br2N2O2Si/c1-29(2,21-15-17(3-5-19(21)23)25-7-11-27-12-8-25)22-16-18(4-6-20(22)24)26-9-13-28-14-10-26/h3-6,15-16H,7-14H2,1-2H3. The van der Waals surface area contributed by atoms with Crippen molar-refractivity contribution in [3.05, 3.63) is 45.3 Å². The molecule has 29 heavy (non-hydrogen) atoms. The van der Waals surface area contributed by atoms with Crippen molar-refractivity contribution in [2.75, 3.05) is 62.4 Å². The van der Waals surface area contributed by atoms with Gasteiger partial charge in [0.15, 0.2) is 0 Å². The van der Waals surface area contributed by atoms with Crippen molar-refractivity contribution < 1.29 is 9.47 Å². The van der Waals surface area contributed by atoms with Gasteiger partial charge < -0.3 is 19.3 Å². The summed E-state index contributed by atoms with van der Waals surface area (Å²) in [6.07, 6.45) is 0. The molecule has 0 spiro atoms. The van der Waals surface area contributed by atoms with Gasteiger partial charge in [0.1, 0.15) is 8.07 Å². The average molecular weight is 540 g/mol. The van der Waals surface area contributed by atoms with E-state index >= 15 is 0 Å². The topological polar surface area (TPSA) is 24.9 Å². The maximum absolute atomic E-state index is 5.54. The predicted molar refractivity (Wildman–Crippen MR) is 131 cm³/mol. The van der Waals surface area contributed by atoms with Gasteiger partial charge in [0, 0.05) is 46.5 Å². The smallest absolute Gasteiger partial charge is 0.115 e. The summed E-state index contributed by atoms with van der Waals surface area (Å²) in [6, 6.07) is 13.7. The number of benzene rings is 2. The molecule has 0 radical (unpaired) electrons. The van der Waals surface area contributed by atoms with Gasteiger partial charge in [0.05, 0.1) is 26.4 Å². The first-order chi connectivity index (χ1) is 14.0. The van der Waals surface area contributed by atoms with Crippen LogP contribution in [0.25, 0.3) is 0 Å². The summed E-state index contributed by atoms with van der Waals surface area (Å²) in [5, 5.41) is 2.86. The zero-order chi connectivity index (χ0) is 20.4. The second kappa shape index (κ2) is 9.10. The normalized spacial score (nSPS) is 18.2. The van der Waals surface area contributed by atoms with Gasteiger partial charge in [0.2, 0.25) is 0 Å². The van der Waals surface area contributed by atoms with E-state index in [1.807, 2.05) is 0 Å². The lowest BCUT2D eigenvalue weighted by Gasteiger charge is -2.33. The molecule has 0 saturated carbocycles. The van der Waals surface area contributed by atoms with Gasteiger partial charge in [-0.1, -0.05) is 45.0 Å². The summed E-state index contributed by atoms with van der Waals surface area (Å²) < 4.78 is 13.5. The Morgan fingerprint density at radius 1 is 0.690 bits per heavy atom. The van der Waals surface area contributed by atoms with Crippen LogP contribution in [-0.2, 0) is 9.47 Å². The Labute approximate surface area is 191 Å². The summed E-state index contributed by atoms with van der Waals surface area (Å²) in [4.78, 5) is 4.87. The molecule has 2 aromatic rings. The van der Waals surface area contributed by atoms with Gasteiger partial charge in [-0.05, 0) is 46.8 Å². The summed E-state index contributed by atoms with van der Waals surface area (Å²) in [5.74, 6) is 0. The second-order valence-corrected chi connectivity index (χ2v) is 14.2. The van der Waals surface area contributed by atoms with Gasteiger partial charge in [-0.15, -0.1) is 0 Å². The number of halogens is 2. The van der Waals surface area contributed by atoms with Crippen LogP contribution in [0.1, 0.15) is 0 Å². The summed E-state index contributed by atoms with van der Waals surface area (Å²) >= 11 is 7.71. The van der Waals surface area contributed by atoms with Crippen LogP contribution < -0.4 is 20.2 Å². The van der Waals surface area contributed by atoms with Crippen molar-refractivity contribution in [1.82, 2.24) is 0 Å². The molecule has 0 bridgehead atoms. The maximum atomic E-state index is 5.54. The van der Waals surface area contributed by atoms with Crippen LogP contribution in [0.2, 0.25) is 13.1 Å². The van der Waals surface area contributed by atoms with Crippen LogP contribution in [0.3, 0.4) is 0 Å². The van der Waals surface area contributed by atoms with Crippen molar-refractivity contribution in [1.29, 1.82) is 0 Å². The predicted octanol–water partition coefficient (Wildman–Crippen LogP) is 3.71. The van der Waals surface area contributed by atoms with E-state index in [2.05, 4.69) is 91.2 Å². The zero-order valence-corrected chi connectivity index (χ0v) is 21.3. The minimum atomic E-state index is -1.94. The number of anilines is 2. The second-order valence-electron chi connectivity index (χ2n) is 8.15. The number of ether oxygens (including phenoxy) is 2. The van der Waals surface area contributed by atoms with E-state index in [-0.39, 0.29) is 0 Å². The van der Waals surface area contributed by atoms with Crippen LogP contribution >= 0.6 is 31.9 Å². The molecule has 0 aromatic heterocycles. The molecule has 0 unspecified atom stereocenters. The van der Waals surface area contributed by atoms with Crippen LogP contribution in [0.4, 0.5) is 11.4 Å². The minimum absolute atomic E-state index is 0.805. The first-order valence-electron chi connectivity index (χ1n) is 10.2. The van der Waals surface area contributed by atoms with Crippen molar-refractivity contribution in [3.63, 3.8) is 0 Å². The number of morpholine rings is 2. The quantitative estimate of drug-likeness (QED) is 0.553. The van der Waals surface area contributed by atoms with Crippen LogP contribution in [-0.4, -0.2) is 60.7 Å². The highest BCUT2D eigenvalue weighted by molar-refractivity contribution is 9.11. The summed E-state index contributed by atoms with van der Waals surface area (Å²) in [5.41, 5.74) is 2.60. The molecule has 2 fully saturated rings. The van der Waals surface area contributed by atoms with Gasteiger partial charge in [0.25, 0.3) is 0 Å². The molecule has 156 valence electrons. The molecule has 4 rings (SSSR count). The lowest BCUT2D eigenvalue weighted by molar-refractivity contribution is 0.122. The fraction of sp³-hybridized carbons (Fsp3) is 0.455. The third kappa shape index (κ3) is 4.59. The molecule has 2 saturated heterocycles. The molecule has 0 atom stereocenters. The van der Waals surface area contributed by atoms with Crippen molar-refractivity contribution in [3.8, 4) is 0 Å². The number of rotatable bonds is 4. The lowest BCUT2D eigenvalue weighted by Crippen LogP contribution is -2.54. The minimum Gasteiger partial charge on any atom is -0.378 e. The molecule has 4 nitrogen and oxygen atoms in total. The van der Waals surface area contributed by atoms with Gasteiger partial charge >= 0.3 is 0 Å². The molecule has 2 aliphatic rings. The third-order valence-electron chi connectivity index (χ3n) is 6.00. The Hall–Kier alpha value is -0.863. The molecular formula is C22H28Br2N2O2Si. The Bertz CT molecular complexity index is 796. The fourth-order valence-electron chi connectivity index (χ4n) is 4.17. The first-order valence-corrected chi connectivity index (χ1v) is 14.8. The molecule has 0 aliphatic carbocycles. The van der Waals surface area contributed by atoms with Crippen molar-refractivity contribution in [2.45, 2.75) is 13.1 Å². The Balaban J connectivity index is 1.70. The highest BCUT2D eigenvalue weighted by Gasteiger charge is 2.31. The van der Waals surface area contributed by atoms with Gasteiger partial charge in [-0.25, -0.2) is 0 Å². The summed E-state index contributed by atoms with van der Waals surface area (Å²) in [6.45, 7) is 11.9. The van der Waals surface area contributed by atoms with E-state index in [1.54, 1.807) is 0 Å². The average Bonchev–Trinajstić information content (AvgIpc) is 2.75. The zero-order valence-electron chi connectivity index (χ0n) is 17.1. The van der Waals surface area contributed by atoms with E-state index < -0.39 is 8.07 Å². The van der Waals surface area contributed by atoms with E-state index in [0.29, 0.717) is 0 Å². The van der Waals surface area contributed by atoms with Crippen LogP contribution in [0.15, 0.2) is 45.3 Å². The molecule has 2 aliphatic heterocycles. The first kappa shape index (κ1) is 21.4. The molecular weight excluding hydrogens is 512 g/mol. The SMILES string of the molecule is C[Si](C)(c1cc(N2CCOCC2)ccc1Br)c1cc(N2CCOCC2)ccc1Br. The maximum Gasteiger partial charge on any atom is 0.115 e. The van der Waals surface area contributed by atoms with Gasteiger partial charge in [-0.3, -0.25) is 0 Å². The largest absolute Gasteiger partial charge is 0.378 e. The molecule has 7 heteroatoms. The van der Waals surface area contributed by atoms with E-state index in [1.165, 1.54) is 30.7 Å². The van der Waals surface area contributed by atoms with Crippen molar-refractivity contribution in [2.24, 2.45) is 0 Å². The Morgan fingerprint density at radius 2 is 1.07 bits per heavy atom. The van der Waals surface area contributed by atoms with E-state index in [4.69, 9.17) is 9.47 Å². The lowest BCUT2D eigenvalue weighted by atomic mass is 10.2. The van der Waals surface area contributed by atoms with Crippen molar-refractivity contribution >= 4 is 61.7 Å².